The van der Waals surface area contributed by atoms with E-state index in [-0.39, 0.29) is 25.4 Å². The number of nitrogens with one attached hydrogen (secondary N) is 1. The molecule has 1 saturated heterocycles. The number of aromatic nitrogens is 1. The summed E-state index contributed by atoms with van der Waals surface area (Å²) in [5, 5.41) is 5.97. The van der Waals surface area contributed by atoms with Crippen molar-refractivity contribution in [1.29, 1.82) is 0 Å². The largest absolute Gasteiger partial charge is 0.361 e. The average molecular weight is 265 g/mol. The monoisotopic (exact) mass is 265 g/mol. The van der Waals surface area contributed by atoms with Crippen LogP contribution in [0.25, 0.3) is 0 Å². The Hall–Kier alpha value is -2.18. The zero-order valence-corrected chi connectivity index (χ0v) is 10.9. The molecule has 2 rings (SSSR count). The molecule has 2 heterocycles. The summed E-state index contributed by atoms with van der Waals surface area (Å²) < 4.78 is 5.01. The molecule has 1 aromatic rings. The second-order valence-electron chi connectivity index (χ2n) is 4.52. The molecule has 7 heteroatoms. The summed E-state index contributed by atoms with van der Waals surface area (Å²) in [6.07, 6.45) is 0.718. The number of hydrogen-bond acceptors (Lipinski definition) is 5. The molecule has 1 aromatic heterocycles. The van der Waals surface area contributed by atoms with Gasteiger partial charge in [-0.2, -0.15) is 0 Å². The summed E-state index contributed by atoms with van der Waals surface area (Å²) in [6.45, 7) is 3.48. The van der Waals surface area contributed by atoms with Gasteiger partial charge in [0.25, 0.3) is 0 Å². The van der Waals surface area contributed by atoms with Gasteiger partial charge in [0.1, 0.15) is 18.8 Å². The fraction of sp³-hybridized carbons (Fsp3) is 0.500. The molecule has 0 spiro atoms. The van der Waals surface area contributed by atoms with Crippen molar-refractivity contribution in [2.75, 3.05) is 13.1 Å². The minimum atomic E-state index is -0.443. The number of hydrogen-bond donors (Lipinski definition) is 1. The van der Waals surface area contributed by atoms with Crippen molar-refractivity contribution in [1.82, 2.24) is 15.4 Å². The predicted molar refractivity (Wildman–Crippen MR) is 64.0 cm³/mol. The summed E-state index contributed by atoms with van der Waals surface area (Å²) in [7, 11) is 0. The molecule has 0 radical (unpaired) electrons. The zero-order valence-electron chi connectivity index (χ0n) is 10.9. The van der Waals surface area contributed by atoms with Gasteiger partial charge >= 0.3 is 0 Å². The van der Waals surface area contributed by atoms with E-state index >= 15 is 0 Å². The molecular weight excluding hydrogens is 250 g/mol. The highest BCUT2D eigenvalue weighted by atomic mass is 16.5. The van der Waals surface area contributed by atoms with Gasteiger partial charge in [0, 0.05) is 12.0 Å². The van der Waals surface area contributed by atoms with Gasteiger partial charge in [0.05, 0.1) is 5.69 Å². The number of amides is 3. The van der Waals surface area contributed by atoms with Crippen molar-refractivity contribution in [2.45, 2.75) is 26.7 Å². The number of nitrogens with zero attached hydrogens (tertiary/aromatic N) is 2. The number of carbonyl (C=O) groups excluding carboxylic acids is 3. The third-order valence-corrected chi connectivity index (χ3v) is 3.07. The first-order valence-corrected chi connectivity index (χ1v) is 5.99. The molecule has 1 N–H and O–H groups in total. The summed E-state index contributed by atoms with van der Waals surface area (Å²) in [5.41, 5.74) is 1.67. The lowest BCUT2D eigenvalue weighted by molar-refractivity contribution is -0.145. The maximum atomic E-state index is 11.9. The van der Waals surface area contributed by atoms with E-state index in [1.165, 1.54) is 4.90 Å². The highest BCUT2D eigenvalue weighted by molar-refractivity contribution is 6.02. The van der Waals surface area contributed by atoms with Crippen LogP contribution in [0.15, 0.2) is 4.52 Å². The van der Waals surface area contributed by atoms with E-state index in [0.717, 1.165) is 11.3 Å². The van der Waals surface area contributed by atoms with Gasteiger partial charge < -0.3 is 9.42 Å². The van der Waals surface area contributed by atoms with Crippen LogP contribution in [0.4, 0.5) is 0 Å². The second kappa shape index (κ2) is 5.21. The third kappa shape index (κ3) is 2.98. The minimum Gasteiger partial charge on any atom is -0.361 e. The summed E-state index contributed by atoms with van der Waals surface area (Å²) in [5.74, 6) is -0.412. The highest BCUT2D eigenvalue weighted by Crippen LogP contribution is 2.15. The minimum absolute atomic E-state index is 0.0633. The fourth-order valence-electron chi connectivity index (χ4n) is 2.06. The molecule has 7 nitrogen and oxygen atoms in total. The van der Waals surface area contributed by atoms with Crippen LogP contribution in [0.5, 0.6) is 0 Å². The quantitative estimate of drug-likeness (QED) is 0.758. The first-order chi connectivity index (χ1) is 8.97. The zero-order chi connectivity index (χ0) is 14.0. The van der Waals surface area contributed by atoms with Crippen LogP contribution in [0, 0.1) is 13.8 Å². The molecule has 0 atom stereocenters. The molecule has 1 aliphatic heterocycles. The van der Waals surface area contributed by atoms with Crippen LogP contribution in [0.1, 0.15) is 23.4 Å². The van der Waals surface area contributed by atoms with Crippen LogP contribution >= 0.6 is 0 Å². The van der Waals surface area contributed by atoms with Crippen molar-refractivity contribution in [3.05, 3.63) is 17.0 Å². The Morgan fingerprint density at radius 2 is 1.95 bits per heavy atom. The first-order valence-electron chi connectivity index (χ1n) is 5.99. The number of aryl methyl sites for hydroxylation is 2. The number of rotatable bonds is 3. The number of carbonyl (C=O) groups is 3. The Labute approximate surface area is 109 Å². The Morgan fingerprint density at radius 1 is 1.32 bits per heavy atom. The van der Waals surface area contributed by atoms with Gasteiger partial charge in [0.15, 0.2) is 0 Å². The molecule has 0 unspecified atom stereocenters. The lowest BCUT2D eigenvalue weighted by Crippen LogP contribution is -2.53. The van der Waals surface area contributed by atoms with Gasteiger partial charge in [-0.15, -0.1) is 0 Å². The summed E-state index contributed by atoms with van der Waals surface area (Å²) in [6, 6.07) is 0. The molecule has 3 amide bonds. The molecule has 0 aromatic carbocycles. The molecule has 1 fully saturated rings. The van der Waals surface area contributed by atoms with Crippen molar-refractivity contribution in [3.63, 3.8) is 0 Å². The SMILES string of the molecule is Cc1noc(C)c1CCC(=O)N1CC(=O)NC(=O)C1. The van der Waals surface area contributed by atoms with Crippen molar-refractivity contribution >= 4 is 17.7 Å². The van der Waals surface area contributed by atoms with Crippen molar-refractivity contribution in [3.8, 4) is 0 Å². The smallest absolute Gasteiger partial charge is 0.246 e. The molecule has 0 saturated carbocycles. The molecule has 0 aliphatic carbocycles. The second-order valence-corrected chi connectivity index (χ2v) is 4.52. The maximum absolute atomic E-state index is 11.9. The molecule has 19 heavy (non-hydrogen) atoms. The van der Waals surface area contributed by atoms with Crippen LogP contribution in [0.3, 0.4) is 0 Å². The van der Waals surface area contributed by atoms with E-state index in [4.69, 9.17) is 4.52 Å². The van der Waals surface area contributed by atoms with E-state index in [1.807, 2.05) is 6.92 Å². The maximum Gasteiger partial charge on any atom is 0.246 e. The van der Waals surface area contributed by atoms with Crippen LogP contribution < -0.4 is 5.32 Å². The predicted octanol–water partition coefficient (Wildman–Crippen LogP) is -0.291. The van der Waals surface area contributed by atoms with Gasteiger partial charge in [-0.3, -0.25) is 19.7 Å². The van der Waals surface area contributed by atoms with Crippen molar-refractivity contribution < 1.29 is 18.9 Å². The van der Waals surface area contributed by atoms with Crippen molar-refractivity contribution in [2.24, 2.45) is 0 Å². The van der Waals surface area contributed by atoms with E-state index in [9.17, 15) is 14.4 Å². The Kier molecular flexibility index (Phi) is 3.64. The van der Waals surface area contributed by atoms with Crippen LogP contribution in [-0.2, 0) is 20.8 Å². The fourth-order valence-corrected chi connectivity index (χ4v) is 2.06. The third-order valence-electron chi connectivity index (χ3n) is 3.07. The topological polar surface area (TPSA) is 92.5 Å². The Morgan fingerprint density at radius 3 is 2.47 bits per heavy atom. The molecule has 1 aliphatic rings. The standard InChI is InChI=1S/C12H15N3O4/c1-7-9(8(2)19-14-7)3-4-12(18)15-5-10(16)13-11(17)6-15/h3-6H2,1-2H3,(H,13,16,17). The molecule has 0 bridgehead atoms. The van der Waals surface area contributed by atoms with E-state index < -0.39 is 11.8 Å². The highest BCUT2D eigenvalue weighted by Gasteiger charge is 2.26. The van der Waals surface area contributed by atoms with Gasteiger partial charge in [-0.1, -0.05) is 5.16 Å². The number of imide groups is 1. The number of piperazine rings is 1. The van der Waals surface area contributed by atoms with Gasteiger partial charge in [-0.05, 0) is 20.3 Å². The Balaban J connectivity index is 1.94. The van der Waals surface area contributed by atoms with Gasteiger partial charge in [0.2, 0.25) is 17.7 Å². The van der Waals surface area contributed by atoms with E-state index in [1.54, 1.807) is 6.92 Å². The summed E-state index contributed by atoms with van der Waals surface area (Å²) in [4.78, 5) is 35.6. The lowest BCUT2D eigenvalue weighted by Gasteiger charge is -2.25. The van der Waals surface area contributed by atoms with Gasteiger partial charge in [-0.25, -0.2) is 0 Å². The van der Waals surface area contributed by atoms with E-state index in [2.05, 4.69) is 10.5 Å². The van der Waals surface area contributed by atoms with Crippen LogP contribution in [-0.4, -0.2) is 40.9 Å². The first kappa shape index (κ1) is 13.3. The summed E-state index contributed by atoms with van der Waals surface area (Å²) >= 11 is 0. The van der Waals surface area contributed by atoms with E-state index in [0.29, 0.717) is 12.2 Å². The lowest BCUT2D eigenvalue weighted by atomic mass is 10.1. The average Bonchev–Trinajstić information content (AvgIpc) is 2.65. The Bertz CT molecular complexity index is 500. The normalized spacial score (nSPS) is 15.6. The van der Waals surface area contributed by atoms with Crippen LogP contribution in [0.2, 0.25) is 0 Å². The molecule has 102 valence electrons. The molecular formula is C12H15N3O4.